The first-order valence-corrected chi connectivity index (χ1v) is 3.99. The molecule has 0 aliphatic rings. The molecule has 0 radical (unpaired) electrons. The molecule has 0 saturated heterocycles. The van der Waals surface area contributed by atoms with Gasteiger partial charge in [0.1, 0.15) is 0 Å². The molecule has 16 heavy (non-hydrogen) atoms. The van der Waals surface area contributed by atoms with Crippen molar-refractivity contribution in [3.05, 3.63) is 36.8 Å². The van der Waals surface area contributed by atoms with E-state index in [-0.39, 0.29) is 36.0 Å². The molecule has 2 aromatic heterocycles. The van der Waals surface area contributed by atoms with Crippen molar-refractivity contribution in [2.24, 2.45) is 0 Å². The molecule has 2 heterocycles. The Morgan fingerprint density at radius 3 is 2.69 bits per heavy atom. The zero-order valence-corrected chi connectivity index (χ0v) is 10.7. The summed E-state index contributed by atoms with van der Waals surface area (Å²) in [6.45, 7) is -0.250. The zero-order valence-electron chi connectivity index (χ0n) is 8.74. The van der Waals surface area contributed by atoms with E-state index in [1.54, 1.807) is 17.1 Å². The zero-order chi connectivity index (χ0) is 11.1. The van der Waals surface area contributed by atoms with E-state index in [4.69, 9.17) is 15.6 Å². The smallest absolute Gasteiger partial charge is 0.483 e. The maximum Gasteiger partial charge on any atom is 1.00 e. The van der Waals surface area contributed by atoms with Crippen LogP contribution >= 0.6 is 0 Å². The van der Waals surface area contributed by atoms with Crippen molar-refractivity contribution in [2.75, 3.05) is 5.73 Å². The van der Waals surface area contributed by atoms with Gasteiger partial charge in [0.25, 0.3) is 6.47 Å². The van der Waals surface area contributed by atoms with E-state index in [0.717, 1.165) is 5.69 Å². The van der Waals surface area contributed by atoms with E-state index >= 15 is 0 Å². The molecule has 0 saturated carbocycles. The normalized spacial score (nSPS) is 8.25. The number of pyridine rings is 1. The van der Waals surface area contributed by atoms with Crippen LogP contribution in [0.3, 0.4) is 0 Å². The maximum atomic E-state index is 8.36. The third-order valence-electron chi connectivity index (χ3n) is 1.50. The van der Waals surface area contributed by atoms with Crippen molar-refractivity contribution in [3.63, 3.8) is 0 Å². The van der Waals surface area contributed by atoms with E-state index in [2.05, 4.69) is 16.1 Å². The average molecular weight is 228 g/mol. The van der Waals surface area contributed by atoms with Gasteiger partial charge in [0, 0.05) is 6.20 Å². The number of rotatable bonds is 1. The van der Waals surface area contributed by atoms with Crippen LogP contribution in [0.15, 0.2) is 30.7 Å². The van der Waals surface area contributed by atoms with Crippen molar-refractivity contribution >= 4 is 12.3 Å². The molecule has 0 spiro atoms. The number of anilines is 1. The Morgan fingerprint density at radius 1 is 1.56 bits per heavy atom. The first kappa shape index (κ1) is 14.6. The number of nitrogens with zero attached hydrogens (tertiary/aromatic N) is 3. The molecule has 0 unspecified atom stereocenters. The molecule has 7 heteroatoms. The van der Waals surface area contributed by atoms with Crippen molar-refractivity contribution in [2.45, 2.75) is 0 Å². The number of hydrogen-bond acceptors (Lipinski definition) is 4. The van der Waals surface area contributed by atoms with Crippen molar-refractivity contribution in [1.29, 1.82) is 0 Å². The van der Waals surface area contributed by atoms with Crippen LogP contribution < -0.4 is 35.3 Å². The summed E-state index contributed by atoms with van der Waals surface area (Å²) in [6, 6.07) is 6.48. The van der Waals surface area contributed by atoms with Gasteiger partial charge in [0.2, 0.25) is 0 Å². The summed E-state index contributed by atoms with van der Waals surface area (Å²) >= 11 is 0. The summed E-state index contributed by atoms with van der Waals surface area (Å²) in [4.78, 5) is 12.3. The number of carboxylic acid groups (broad SMARTS) is 1. The maximum absolute atomic E-state index is 8.36. The number of hydrogen-bond donors (Lipinski definition) is 2. The molecule has 0 bridgehead atoms. The van der Waals surface area contributed by atoms with Crippen LogP contribution in [0.1, 0.15) is 0 Å². The summed E-state index contributed by atoms with van der Waals surface area (Å²) in [5.41, 5.74) is 6.43. The van der Waals surface area contributed by atoms with Gasteiger partial charge in [0.05, 0.1) is 11.9 Å². The SMILES string of the molecule is Nc1[c-]cnn1-c1cccnc1.O=CO.[Na+]. The van der Waals surface area contributed by atoms with E-state index < -0.39 is 0 Å². The number of nitrogen functional groups attached to an aromatic ring is 1. The standard InChI is InChI=1S/C8H7N4.CH2O2.Na/c9-8-3-5-11-12(8)7-2-1-4-10-6-7;2-1-3;/h1-2,4-6H,9H2;1H,(H,2,3);/q-1;;+1. The Morgan fingerprint density at radius 2 is 2.25 bits per heavy atom. The second kappa shape index (κ2) is 7.86. The third-order valence-corrected chi connectivity index (χ3v) is 1.50. The van der Waals surface area contributed by atoms with E-state index in [1.807, 2.05) is 12.1 Å². The molecule has 0 atom stereocenters. The Bertz CT molecular complexity index is 418. The fourth-order valence-electron chi connectivity index (χ4n) is 0.961. The molecule has 0 fully saturated rings. The van der Waals surface area contributed by atoms with E-state index in [1.165, 1.54) is 6.20 Å². The average Bonchev–Trinajstić information content (AvgIpc) is 2.67. The minimum atomic E-state index is -0.250. The van der Waals surface area contributed by atoms with Gasteiger partial charge in [-0.1, -0.05) is 5.82 Å². The molecule has 78 valence electrons. The van der Waals surface area contributed by atoms with Crippen LogP contribution in [-0.4, -0.2) is 26.3 Å². The molecular weight excluding hydrogens is 219 g/mol. The van der Waals surface area contributed by atoms with Gasteiger partial charge >= 0.3 is 29.6 Å². The molecular formula is C9H9N4NaO2. The number of aromatic nitrogens is 3. The Labute approximate surface area is 114 Å². The monoisotopic (exact) mass is 228 g/mol. The van der Waals surface area contributed by atoms with Gasteiger partial charge in [-0.05, 0) is 12.1 Å². The van der Waals surface area contributed by atoms with Gasteiger partial charge in [-0.3, -0.25) is 14.5 Å². The predicted molar refractivity (Wildman–Crippen MR) is 53.3 cm³/mol. The molecule has 6 nitrogen and oxygen atoms in total. The first-order valence-electron chi connectivity index (χ1n) is 3.99. The quantitative estimate of drug-likeness (QED) is 0.316. The summed E-state index contributed by atoms with van der Waals surface area (Å²) in [7, 11) is 0. The van der Waals surface area contributed by atoms with Crippen LogP contribution in [-0.2, 0) is 4.79 Å². The Kier molecular flexibility index (Phi) is 7.19. The molecule has 2 aromatic rings. The summed E-state index contributed by atoms with van der Waals surface area (Å²) in [5.74, 6) is 0.489. The topological polar surface area (TPSA) is 94.0 Å². The Balaban J connectivity index is 0.000000511. The molecule has 0 amide bonds. The van der Waals surface area contributed by atoms with Crippen LogP contribution in [0, 0.1) is 6.07 Å². The predicted octanol–water partition coefficient (Wildman–Crippen LogP) is -2.65. The number of carbonyl (C=O) groups is 1. The molecule has 0 aliphatic carbocycles. The minimum Gasteiger partial charge on any atom is -0.483 e. The van der Waals surface area contributed by atoms with Crippen LogP contribution in [0.4, 0.5) is 5.82 Å². The van der Waals surface area contributed by atoms with Crippen LogP contribution in [0.25, 0.3) is 5.69 Å². The van der Waals surface area contributed by atoms with E-state index in [9.17, 15) is 0 Å². The fraction of sp³-hybridized carbons (Fsp3) is 0. The summed E-state index contributed by atoms with van der Waals surface area (Å²) in [5, 5.41) is 10.9. The summed E-state index contributed by atoms with van der Waals surface area (Å²) < 4.78 is 1.58. The van der Waals surface area contributed by atoms with E-state index in [0.29, 0.717) is 5.82 Å². The van der Waals surface area contributed by atoms with Crippen molar-refractivity contribution in [3.8, 4) is 5.69 Å². The second-order valence-electron chi connectivity index (χ2n) is 2.40. The summed E-state index contributed by atoms with van der Waals surface area (Å²) in [6.07, 6.45) is 4.92. The third kappa shape index (κ3) is 4.01. The minimum absolute atomic E-state index is 0. The van der Waals surface area contributed by atoms with Gasteiger partial charge in [0.15, 0.2) is 0 Å². The van der Waals surface area contributed by atoms with Crippen molar-refractivity contribution < 1.29 is 39.5 Å². The molecule has 3 N–H and O–H groups in total. The molecule has 2 rings (SSSR count). The Hall–Kier alpha value is -1.37. The van der Waals surface area contributed by atoms with Crippen LogP contribution in [0.5, 0.6) is 0 Å². The molecule has 0 aromatic carbocycles. The first-order chi connectivity index (χ1) is 7.29. The van der Waals surface area contributed by atoms with Gasteiger partial charge in [-0.2, -0.15) is 0 Å². The number of nitrogens with two attached hydrogens (primary N) is 1. The van der Waals surface area contributed by atoms with Crippen molar-refractivity contribution in [1.82, 2.24) is 14.8 Å². The van der Waals surface area contributed by atoms with Gasteiger partial charge < -0.3 is 16.9 Å². The van der Waals surface area contributed by atoms with Crippen LogP contribution in [0.2, 0.25) is 0 Å². The van der Waals surface area contributed by atoms with Gasteiger partial charge in [-0.15, -0.1) is 6.20 Å². The molecule has 0 aliphatic heterocycles. The largest absolute Gasteiger partial charge is 1.00 e. The van der Waals surface area contributed by atoms with Gasteiger partial charge in [-0.25, -0.2) is 5.10 Å². The fourth-order valence-corrected chi connectivity index (χ4v) is 0.961. The second-order valence-corrected chi connectivity index (χ2v) is 2.40.